The zero-order chi connectivity index (χ0) is 31.2. The van der Waals surface area contributed by atoms with Crippen LogP contribution in [0.5, 0.6) is 0 Å². The molecule has 11 atom stereocenters. The number of nitrogens with one attached hydrogen (secondary N) is 1. The zero-order valence-electron chi connectivity index (χ0n) is 27.7. The average Bonchev–Trinajstić information content (AvgIpc) is 3.44. The molecule has 44 heavy (non-hydrogen) atoms. The molecule has 2 aromatic rings. The summed E-state index contributed by atoms with van der Waals surface area (Å²) in [6, 6.07) is 4.65. The number of aliphatic hydroxyl groups is 3. The van der Waals surface area contributed by atoms with Crippen LogP contribution in [0.2, 0.25) is 0 Å². The third kappa shape index (κ3) is 2.99. The number of ether oxygens (including phenoxy) is 3. The molecule has 0 amide bonds. The lowest BCUT2D eigenvalue weighted by atomic mass is 9.40. The Bertz CT molecular complexity index is 1600. The number of hydrogen-bond acceptors (Lipinski definition) is 6. The highest BCUT2D eigenvalue weighted by Gasteiger charge is 2.86. The number of benzene rings is 1. The highest BCUT2D eigenvalue weighted by molar-refractivity contribution is 5.90. The zero-order valence-corrected chi connectivity index (χ0v) is 27.7. The lowest BCUT2D eigenvalue weighted by molar-refractivity contribution is -0.280. The molecule has 1 spiro atoms. The first-order valence-corrected chi connectivity index (χ1v) is 17.2. The topological polar surface area (TPSA) is 107 Å². The summed E-state index contributed by atoms with van der Waals surface area (Å²) in [5.41, 5.74) is 2.58. The molecule has 2 saturated carbocycles. The molecule has 4 heterocycles. The molecule has 3 saturated heterocycles. The summed E-state index contributed by atoms with van der Waals surface area (Å²) in [4.78, 5) is 3.98. The van der Waals surface area contributed by atoms with Gasteiger partial charge in [-0.15, -0.1) is 0 Å². The molecule has 7 nitrogen and oxygen atoms in total. The Balaban J connectivity index is 1.15. The predicted molar refractivity (Wildman–Crippen MR) is 167 cm³/mol. The molecule has 0 radical (unpaired) electrons. The maximum atomic E-state index is 13.1. The second-order valence-corrected chi connectivity index (χ2v) is 17.9. The molecule has 1 aromatic heterocycles. The van der Waals surface area contributed by atoms with E-state index in [1.54, 1.807) is 13.8 Å². The molecular formula is C37H51NO6. The van der Waals surface area contributed by atoms with Crippen molar-refractivity contribution in [3.05, 3.63) is 34.5 Å². The summed E-state index contributed by atoms with van der Waals surface area (Å²) in [5.74, 6) is 1.40. The summed E-state index contributed by atoms with van der Waals surface area (Å²) in [6.07, 6.45) is 3.56. The molecule has 4 N–H and O–H groups in total. The van der Waals surface area contributed by atoms with Crippen molar-refractivity contribution in [1.82, 2.24) is 4.98 Å². The number of H-pyrrole nitrogens is 1. The summed E-state index contributed by atoms with van der Waals surface area (Å²) < 4.78 is 19.6. The Hall–Kier alpha value is -1.48. The molecule has 2 unspecified atom stereocenters. The summed E-state index contributed by atoms with van der Waals surface area (Å²) >= 11 is 0. The van der Waals surface area contributed by atoms with Crippen LogP contribution in [0.3, 0.4) is 0 Å². The predicted octanol–water partition coefficient (Wildman–Crippen LogP) is 4.88. The maximum absolute atomic E-state index is 13.1. The van der Waals surface area contributed by atoms with Crippen molar-refractivity contribution in [3.63, 3.8) is 0 Å². The van der Waals surface area contributed by atoms with Crippen molar-refractivity contribution in [3.8, 4) is 0 Å². The average molecular weight is 606 g/mol. The molecule has 3 aliphatic heterocycles. The van der Waals surface area contributed by atoms with Gasteiger partial charge >= 0.3 is 0 Å². The van der Waals surface area contributed by atoms with Crippen LogP contribution in [-0.2, 0) is 38.9 Å². The van der Waals surface area contributed by atoms with E-state index < -0.39 is 40.5 Å². The standard InChI is InChI=1S/C37H51NO6/c1-31(2,40)29-27(39)30-37(43-30)25(42-29)12-13-34(7)35(8)19(11-14-36(34,37)41)16-21-26-20-17-23-22(32(3,4)44-33(23,5)6)15-18(20)9-10-24(26)38-28(21)35/h9-10,19,22-23,25,27,29-30,38-41H,11-17H2,1-8H3/t19-,22?,23?,25-,27+,29-,30+,34+,35+,36-,37-/m0/s1. The van der Waals surface area contributed by atoms with Crippen molar-refractivity contribution in [1.29, 1.82) is 0 Å². The number of aromatic amines is 1. The highest BCUT2D eigenvalue weighted by atomic mass is 16.7. The Morgan fingerprint density at radius 3 is 2.32 bits per heavy atom. The van der Waals surface area contributed by atoms with E-state index in [4.69, 9.17) is 14.2 Å². The Morgan fingerprint density at radius 2 is 1.61 bits per heavy atom. The lowest BCUT2D eigenvalue weighted by Crippen LogP contribution is -2.76. The van der Waals surface area contributed by atoms with Crippen LogP contribution in [-0.4, -0.2) is 72.7 Å². The largest absolute Gasteiger partial charge is 0.388 e. The fourth-order valence-electron chi connectivity index (χ4n) is 12.7. The van der Waals surface area contributed by atoms with Crippen LogP contribution in [0.1, 0.15) is 103 Å². The second-order valence-electron chi connectivity index (χ2n) is 17.9. The first-order valence-electron chi connectivity index (χ1n) is 17.2. The van der Waals surface area contributed by atoms with Crippen LogP contribution in [0, 0.1) is 23.2 Å². The molecule has 4 aliphatic carbocycles. The quantitative estimate of drug-likeness (QED) is 0.346. The normalized spacial score (nSPS) is 49.3. The van der Waals surface area contributed by atoms with Gasteiger partial charge < -0.3 is 34.5 Å². The number of rotatable bonds is 1. The maximum Gasteiger partial charge on any atom is 0.152 e. The summed E-state index contributed by atoms with van der Waals surface area (Å²) in [7, 11) is 0. The molecule has 0 bridgehead atoms. The number of epoxide rings is 1. The van der Waals surface area contributed by atoms with E-state index in [1.165, 1.54) is 33.3 Å². The third-order valence-corrected chi connectivity index (χ3v) is 15.0. The van der Waals surface area contributed by atoms with E-state index in [1.807, 2.05) is 0 Å². The van der Waals surface area contributed by atoms with Crippen molar-refractivity contribution in [2.24, 2.45) is 23.2 Å². The van der Waals surface area contributed by atoms with Crippen molar-refractivity contribution in [2.75, 3.05) is 0 Å². The SMILES string of the molecule is CC1(C)OC(C)(C)C2Cc3c(ccc4[nH]c5c(c34)C[C@@H]3CC[C@@]4(O)[C@@]67O[C@@H]6[C@H](O)[C@@H](C(C)(C)O)O[C@H]7CC[C@]4(C)[C@@]53C)CC21. The van der Waals surface area contributed by atoms with Gasteiger partial charge in [-0.1, -0.05) is 19.9 Å². The van der Waals surface area contributed by atoms with Gasteiger partial charge in [0, 0.05) is 27.4 Å². The summed E-state index contributed by atoms with van der Waals surface area (Å²) in [5, 5.41) is 36.6. The van der Waals surface area contributed by atoms with E-state index in [0.717, 1.165) is 38.5 Å². The Morgan fingerprint density at radius 1 is 0.909 bits per heavy atom. The molecule has 9 rings (SSSR count). The molecule has 1 aromatic carbocycles. The van der Waals surface area contributed by atoms with Crippen LogP contribution in [0.25, 0.3) is 10.9 Å². The Kier molecular flexibility index (Phi) is 5.20. The van der Waals surface area contributed by atoms with E-state index in [0.29, 0.717) is 24.2 Å². The van der Waals surface area contributed by atoms with Crippen LogP contribution >= 0.6 is 0 Å². The second kappa shape index (κ2) is 7.96. The van der Waals surface area contributed by atoms with E-state index in [9.17, 15) is 15.3 Å². The lowest BCUT2D eigenvalue weighted by Gasteiger charge is -2.66. The number of hydrogen-bond donors (Lipinski definition) is 4. The van der Waals surface area contributed by atoms with Gasteiger partial charge in [-0.3, -0.25) is 0 Å². The number of aromatic nitrogens is 1. The minimum Gasteiger partial charge on any atom is -0.388 e. The number of aliphatic hydroxyl groups excluding tert-OH is 1. The van der Waals surface area contributed by atoms with Gasteiger partial charge in [-0.2, -0.15) is 0 Å². The van der Waals surface area contributed by atoms with Gasteiger partial charge in [0.1, 0.15) is 23.9 Å². The first-order chi connectivity index (χ1) is 20.4. The Labute approximate surface area is 261 Å². The molecular weight excluding hydrogens is 554 g/mol. The van der Waals surface area contributed by atoms with Crippen LogP contribution < -0.4 is 0 Å². The van der Waals surface area contributed by atoms with Crippen LogP contribution in [0.15, 0.2) is 12.1 Å². The van der Waals surface area contributed by atoms with Gasteiger partial charge in [0.25, 0.3) is 0 Å². The molecule has 240 valence electrons. The van der Waals surface area contributed by atoms with E-state index in [-0.39, 0.29) is 22.7 Å². The monoisotopic (exact) mass is 605 g/mol. The molecule has 7 aliphatic rings. The molecule has 5 fully saturated rings. The van der Waals surface area contributed by atoms with Gasteiger partial charge in [-0.25, -0.2) is 0 Å². The first kappa shape index (κ1) is 28.7. The van der Waals surface area contributed by atoms with Crippen molar-refractivity contribution in [2.45, 2.75) is 158 Å². The van der Waals surface area contributed by atoms with Crippen LogP contribution in [0.4, 0.5) is 0 Å². The third-order valence-electron chi connectivity index (χ3n) is 15.0. The van der Waals surface area contributed by atoms with Gasteiger partial charge in [0.05, 0.1) is 22.9 Å². The van der Waals surface area contributed by atoms with Crippen molar-refractivity contribution >= 4 is 10.9 Å². The molecule has 7 heteroatoms. The van der Waals surface area contributed by atoms with Gasteiger partial charge in [0.2, 0.25) is 0 Å². The van der Waals surface area contributed by atoms with Gasteiger partial charge in [-0.05, 0) is 127 Å². The highest BCUT2D eigenvalue weighted by Crippen LogP contribution is 2.75. The van der Waals surface area contributed by atoms with E-state index >= 15 is 0 Å². The summed E-state index contributed by atoms with van der Waals surface area (Å²) in [6.45, 7) is 17.2. The minimum absolute atomic E-state index is 0.132. The smallest absolute Gasteiger partial charge is 0.152 e. The van der Waals surface area contributed by atoms with Gasteiger partial charge in [0.15, 0.2) is 5.60 Å². The minimum atomic E-state index is -1.20. The van der Waals surface area contributed by atoms with Crippen molar-refractivity contribution < 1.29 is 29.5 Å². The number of fused-ring (bicyclic) bond motifs is 10. The fraction of sp³-hybridized carbons (Fsp3) is 0.784. The fourth-order valence-corrected chi connectivity index (χ4v) is 12.7. The van der Waals surface area contributed by atoms with E-state index in [2.05, 4.69) is 58.7 Å².